The largest absolute Gasteiger partial charge is 0.481 e. The lowest BCUT2D eigenvalue weighted by Crippen LogP contribution is -2.34. The molecule has 2 rings (SSSR count). The summed E-state index contributed by atoms with van der Waals surface area (Å²) in [6.07, 6.45) is 6.22. The molecule has 2 nitrogen and oxygen atoms in total. The second-order valence-corrected chi connectivity index (χ2v) is 6.99. The molecule has 1 aliphatic rings. The van der Waals surface area contributed by atoms with Crippen LogP contribution in [0.25, 0.3) is 0 Å². The van der Waals surface area contributed by atoms with Crippen molar-refractivity contribution in [3.63, 3.8) is 0 Å². The first-order valence-corrected chi connectivity index (χ1v) is 8.63. The molecule has 0 spiro atoms. The standard InChI is InChI=1S/C18H24BClO2.ClH/c1-2-3-12-18(19,17(21)22)15-8-4-13(5-9-15)14-6-10-16(20)11-7-14;/h6-7,10-11,13,15H,2-5,8-9,12H2,1H3,(H,21,22);1H. The number of carboxylic acids is 1. The Morgan fingerprint density at radius 3 is 2.30 bits per heavy atom. The Bertz CT molecular complexity index is 498. The van der Waals surface area contributed by atoms with Gasteiger partial charge in [-0.1, -0.05) is 43.5 Å². The monoisotopic (exact) mass is 354 g/mol. The SMILES string of the molecule is Cl.[B]C(CCCC)(C(=O)O)C1CCC(c2ccc(Cl)cc2)CC1. The zero-order valence-corrected chi connectivity index (χ0v) is 15.2. The van der Waals surface area contributed by atoms with Crippen LogP contribution in [-0.2, 0) is 4.79 Å². The van der Waals surface area contributed by atoms with Crippen LogP contribution in [-0.4, -0.2) is 18.9 Å². The van der Waals surface area contributed by atoms with Gasteiger partial charge in [0, 0.05) is 10.3 Å². The Morgan fingerprint density at radius 1 is 1.26 bits per heavy atom. The lowest BCUT2D eigenvalue weighted by Gasteiger charge is -2.39. The predicted molar refractivity (Wildman–Crippen MR) is 99.0 cm³/mol. The van der Waals surface area contributed by atoms with E-state index in [1.807, 2.05) is 12.1 Å². The smallest absolute Gasteiger partial charge is 0.300 e. The Balaban J connectivity index is 0.00000264. The first-order chi connectivity index (χ1) is 10.5. The van der Waals surface area contributed by atoms with Gasteiger partial charge in [-0.3, -0.25) is 4.79 Å². The van der Waals surface area contributed by atoms with Crippen molar-refractivity contribution in [2.75, 3.05) is 0 Å². The number of aliphatic carboxylic acids is 1. The highest BCUT2D eigenvalue weighted by Gasteiger charge is 2.41. The van der Waals surface area contributed by atoms with E-state index in [0.29, 0.717) is 12.3 Å². The summed E-state index contributed by atoms with van der Waals surface area (Å²) in [5, 5.41) is 9.28. The fraction of sp³-hybridized carbons (Fsp3) is 0.611. The zero-order chi connectivity index (χ0) is 16.2. The molecule has 0 aromatic heterocycles. The van der Waals surface area contributed by atoms with E-state index >= 15 is 0 Å². The summed E-state index contributed by atoms with van der Waals surface area (Å²) in [6.45, 7) is 2.07. The predicted octanol–water partition coefficient (Wildman–Crippen LogP) is 5.64. The van der Waals surface area contributed by atoms with Gasteiger partial charge in [0.25, 0.3) is 0 Å². The van der Waals surface area contributed by atoms with Crippen LogP contribution in [0.15, 0.2) is 24.3 Å². The summed E-state index contributed by atoms with van der Waals surface area (Å²) in [5.41, 5.74) is 1.30. The Morgan fingerprint density at radius 2 is 1.83 bits per heavy atom. The van der Waals surface area contributed by atoms with E-state index in [-0.39, 0.29) is 18.3 Å². The fourth-order valence-electron chi connectivity index (χ4n) is 3.63. The Hall–Kier alpha value is -0.665. The summed E-state index contributed by atoms with van der Waals surface area (Å²) in [6, 6.07) is 8.01. The van der Waals surface area contributed by atoms with Crippen LogP contribution in [0.2, 0.25) is 10.3 Å². The van der Waals surface area contributed by atoms with Crippen molar-refractivity contribution in [3.05, 3.63) is 34.9 Å². The minimum atomic E-state index is -1.05. The van der Waals surface area contributed by atoms with E-state index in [4.69, 9.17) is 19.4 Å². The maximum absolute atomic E-state index is 11.7. The number of hydrogen-bond donors (Lipinski definition) is 1. The van der Waals surface area contributed by atoms with E-state index in [1.54, 1.807) is 0 Å². The summed E-state index contributed by atoms with van der Waals surface area (Å²) < 4.78 is 0. The number of unbranched alkanes of at least 4 members (excludes halogenated alkanes) is 1. The molecule has 0 heterocycles. The van der Waals surface area contributed by atoms with Gasteiger partial charge in [0.05, 0.1) is 7.85 Å². The van der Waals surface area contributed by atoms with Crippen molar-refractivity contribution in [3.8, 4) is 0 Å². The number of hydrogen-bond acceptors (Lipinski definition) is 1. The molecular formula is C18H25BCl2O2. The van der Waals surface area contributed by atoms with Gasteiger partial charge in [0.2, 0.25) is 0 Å². The second-order valence-electron chi connectivity index (χ2n) is 6.55. The van der Waals surface area contributed by atoms with E-state index in [1.165, 1.54) is 5.56 Å². The molecule has 5 heteroatoms. The first kappa shape index (κ1) is 20.4. The van der Waals surface area contributed by atoms with Crippen molar-refractivity contribution < 1.29 is 9.90 Å². The molecule has 1 atom stereocenters. The van der Waals surface area contributed by atoms with E-state index < -0.39 is 11.3 Å². The van der Waals surface area contributed by atoms with Crippen LogP contribution in [0.4, 0.5) is 0 Å². The third-order valence-corrected chi connectivity index (χ3v) is 5.39. The van der Waals surface area contributed by atoms with Gasteiger partial charge >= 0.3 is 5.97 Å². The topological polar surface area (TPSA) is 37.3 Å². The van der Waals surface area contributed by atoms with Gasteiger partial charge in [-0.15, -0.1) is 12.4 Å². The Kier molecular flexibility index (Phi) is 7.96. The van der Waals surface area contributed by atoms with Gasteiger partial charge in [-0.05, 0) is 61.6 Å². The molecule has 1 aromatic rings. The molecule has 1 fully saturated rings. The third kappa shape index (κ3) is 4.90. The molecular weight excluding hydrogens is 330 g/mol. The van der Waals surface area contributed by atoms with Gasteiger partial charge in [-0.25, -0.2) is 0 Å². The molecule has 2 radical (unpaired) electrons. The summed E-state index contributed by atoms with van der Waals surface area (Å²) in [4.78, 5) is 11.7. The Labute approximate surface area is 151 Å². The fourth-order valence-corrected chi connectivity index (χ4v) is 3.76. The highest BCUT2D eigenvalue weighted by atomic mass is 35.5. The molecule has 1 saturated carbocycles. The molecule has 0 saturated heterocycles. The highest BCUT2D eigenvalue weighted by molar-refractivity contribution is 6.30. The van der Waals surface area contributed by atoms with Gasteiger partial charge in [0.1, 0.15) is 0 Å². The van der Waals surface area contributed by atoms with Gasteiger partial charge in [0.15, 0.2) is 0 Å². The quantitative estimate of drug-likeness (QED) is 0.671. The van der Waals surface area contributed by atoms with E-state index in [9.17, 15) is 9.90 Å². The number of benzene rings is 1. The number of halogens is 2. The van der Waals surface area contributed by atoms with Gasteiger partial charge in [-0.2, -0.15) is 0 Å². The van der Waals surface area contributed by atoms with Gasteiger partial charge < -0.3 is 5.11 Å². The van der Waals surface area contributed by atoms with Crippen molar-refractivity contribution in [2.45, 2.75) is 63.1 Å². The van der Waals surface area contributed by atoms with Crippen molar-refractivity contribution in [1.29, 1.82) is 0 Å². The van der Waals surface area contributed by atoms with E-state index in [0.717, 1.165) is 43.5 Å². The lowest BCUT2D eigenvalue weighted by molar-refractivity contribution is -0.143. The molecule has 126 valence electrons. The summed E-state index contributed by atoms with van der Waals surface area (Å²) >= 11 is 5.94. The number of rotatable bonds is 6. The molecule has 1 aromatic carbocycles. The van der Waals surface area contributed by atoms with Crippen molar-refractivity contribution >= 4 is 37.8 Å². The van der Waals surface area contributed by atoms with Crippen LogP contribution in [0, 0.1) is 5.92 Å². The molecule has 23 heavy (non-hydrogen) atoms. The number of carboxylic acid groups (broad SMARTS) is 1. The zero-order valence-electron chi connectivity index (χ0n) is 13.6. The minimum Gasteiger partial charge on any atom is -0.481 e. The average molecular weight is 355 g/mol. The van der Waals surface area contributed by atoms with Crippen LogP contribution in [0.3, 0.4) is 0 Å². The molecule has 1 unspecified atom stereocenters. The molecule has 0 aliphatic heterocycles. The van der Waals surface area contributed by atoms with Crippen LogP contribution in [0.1, 0.15) is 63.4 Å². The average Bonchev–Trinajstić information content (AvgIpc) is 2.53. The number of carbonyl (C=O) groups is 1. The molecule has 1 aliphatic carbocycles. The van der Waals surface area contributed by atoms with E-state index in [2.05, 4.69) is 19.1 Å². The second kappa shape index (κ2) is 8.99. The van der Waals surface area contributed by atoms with Crippen molar-refractivity contribution in [2.24, 2.45) is 5.92 Å². The molecule has 0 amide bonds. The first-order valence-electron chi connectivity index (χ1n) is 8.25. The molecule has 0 bridgehead atoms. The van der Waals surface area contributed by atoms with Crippen LogP contribution < -0.4 is 0 Å². The third-order valence-electron chi connectivity index (χ3n) is 5.14. The maximum atomic E-state index is 11.7. The highest BCUT2D eigenvalue weighted by Crippen LogP contribution is 2.48. The van der Waals surface area contributed by atoms with Crippen LogP contribution >= 0.6 is 24.0 Å². The molecule has 1 N–H and O–H groups in total. The lowest BCUT2D eigenvalue weighted by atomic mass is 9.54. The normalized spacial score (nSPS) is 23.6. The summed E-state index contributed by atoms with van der Waals surface area (Å²) in [5.74, 6) is -0.256. The minimum absolute atomic E-state index is 0. The van der Waals surface area contributed by atoms with Crippen molar-refractivity contribution in [1.82, 2.24) is 0 Å². The van der Waals surface area contributed by atoms with Crippen LogP contribution in [0.5, 0.6) is 0 Å². The summed E-state index contributed by atoms with van der Waals surface area (Å²) in [7, 11) is 6.29. The maximum Gasteiger partial charge on any atom is 0.300 e.